The molecule has 0 rings (SSSR count). The third-order valence-electron chi connectivity index (χ3n) is 1.94. The first-order chi connectivity index (χ1) is 6.45. The summed E-state index contributed by atoms with van der Waals surface area (Å²) < 4.78 is 35.1. The third-order valence-corrected chi connectivity index (χ3v) is 2.98. The van der Waals surface area contributed by atoms with E-state index in [1.165, 1.54) is 0 Å². The maximum Gasteiger partial charge on any atom is 0.389 e. The molecule has 0 bridgehead atoms. The van der Waals surface area contributed by atoms with Crippen LogP contribution in [-0.4, -0.2) is 30.8 Å². The summed E-state index contributed by atoms with van der Waals surface area (Å²) in [5.74, 6) is 0. The molecule has 1 atom stereocenters. The Morgan fingerprint density at radius 2 is 1.93 bits per heavy atom. The third kappa shape index (κ3) is 10.2. The topological polar surface area (TPSA) is 12.0 Å². The number of hydrogen-bond donors (Lipinski definition) is 1. The lowest BCUT2D eigenvalue weighted by Gasteiger charge is -2.09. The van der Waals surface area contributed by atoms with Crippen LogP contribution >= 0.6 is 11.8 Å². The van der Waals surface area contributed by atoms with E-state index >= 15 is 0 Å². The zero-order chi connectivity index (χ0) is 11.0. The molecule has 0 aliphatic heterocycles. The van der Waals surface area contributed by atoms with Gasteiger partial charge in [0.15, 0.2) is 0 Å². The summed E-state index contributed by atoms with van der Waals surface area (Å²) in [6.45, 7) is 3.38. The first-order valence-corrected chi connectivity index (χ1v) is 6.05. The summed E-state index contributed by atoms with van der Waals surface area (Å²) in [7, 11) is 0. The van der Waals surface area contributed by atoms with Crippen molar-refractivity contribution < 1.29 is 13.2 Å². The smallest absolute Gasteiger partial charge is 0.317 e. The van der Waals surface area contributed by atoms with Crippen LogP contribution in [0.4, 0.5) is 13.2 Å². The van der Waals surface area contributed by atoms with Gasteiger partial charge in [0, 0.05) is 11.7 Å². The van der Waals surface area contributed by atoms with Gasteiger partial charge in [-0.1, -0.05) is 6.92 Å². The average Bonchev–Trinajstić information content (AvgIpc) is 2.08. The fourth-order valence-corrected chi connectivity index (χ4v) is 1.32. The van der Waals surface area contributed by atoms with Gasteiger partial charge in [0.1, 0.15) is 0 Å². The minimum Gasteiger partial charge on any atom is -0.317 e. The second-order valence-electron chi connectivity index (χ2n) is 3.30. The highest BCUT2D eigenvalue weighted by atomic mass is 32.2. The highest BCUT2D eigenvalue weighted by Gasteiger charge is 2.25. The van der Waals surface area contributed by atoms with Crippen molar-refractivity contribution >= 4 is 11.8 Å². The van der Waals surface area contributed by atoms with Gasteiger partial charge in [0.05, 0.1) is 0 Å². The average molecular weight is 229 g/mol. The van der Waals surface area contributed by atoms with Crippen molar-refractivity contribution in [2.24, 2.45) is 0 Å². The standard InChI is InChI=1S/C9H18F3NS/c1-8(14-2)4-7-13-6-3-5-9(10,11)12/h8,13H,3-7H2,1-2H3. The van der Waals surface area contributed by atoms with Crippen LogP contribution in [0, 0.1) is 0 Å². The number of hydrogen-bond acceptors (Lipinski definition) is 2. The molecule has 86 valence electrons. The molecular weight excluding hydrogens is 211 g/mol. The summed E-state index contributed by atoms with van der Waals surface area (Å²) in [6.07, 6.45) is -1.47. The van der Waals surface area contributed by atoms with Crippen molar-refractivity contribution in [1.29, 1.82) is 0 Å². The number of thioether (sulfide) groups is 1. The fourth-order valence-electron chi connectivity index (χ4n) is 0.962. The molecule has 14 heavy (non-hydrogen) atoms. The van der Waals surface area contributed by atoms with Crippen LogP contribution in [0.5, 0.6) is 0 Å². The predicted octanol–water partition coefficient (Wildman–Crippen LogP) is 3.06. The van der Waals surface area contributed by atoms with E-state index in [1.807, 2.05) is 6.26 Å². The van der Waals surface area contributed by atoms with Gasteiger partial charge >= 0.3 is 6.18 Å². The molecule has 0 spiro atoms. The van der Waals surface area contributed by atoms with Gasteiger partial charge in [-0.05, 0) is 32.2 Å². The van der Waals surface area contributed by atoms with Gasteiger partial charge in [-0.2, -0.15) is 24.9 Å². The zero-order valence-corrected chi connectivity index (χ0v) is 9.47. The molecule has 0 aromatic carbocycles. The molecule has 0 aromatic rings. The van der Waals surface area contributed by atoms with Crippen molar-refractivity contribution in [3.05, 3.63) is 0 Å². The van der Waals surface area contributed by atoms with Crippen LogP contribution in [0.2, 0.25) is 0 Å². The molecule has 0 fully saturated rings. The van der Waals surface area contributed by atoms with Crippen molar-refractivity contribution in [2.75, 3.05) is 19.3 Å². The Balaban J connectivity index is 3.14. The molecule has 1 unspecified atom stereocenters. The first-order valence-electron chi connectivity index (χ1n) is 4.76. The molecule has 0 aromatic heterocycles. The molecular formula is C9H18F3NS. The van der Waals surface area contributed by atoms with Crippen molar-refractivity contribution in [1.82, 2.24) is 5.32 Å². The predicted molar refractivity (Wildman–Crippen MR) is 55.8 cm³/mol. The fraction of sp³-hybridized carbons (Fsp3) is 1.00. The quantitative estimate of drug-likeness (QED) is 0.673. The van der Waals surface area contributed by atoms with E-state index in [0.29, 0.717) is 11.8 Å². The molecule has 1 N–H and O–H groups in total. The van der Waals surface area contributed by atoms with E-state index in [9.17, 15) is 13.2 Å². The van der Waals surface area contributed by atoms with Gasteiger partial charge in [0.2, 0.25) is 0 Å². The van der Waals surface area contributed by atoms with Crippen molar-refractivity contribution in [3.8, 4) is 0 Å². The van der Waals surface area contributed by atoms with Crippen LogP contribution in [0.1, 0.15) is 26.2 Å². The first kappa shape index (κ1) is 14.1. The highest BCUT2D eigenvalue weighted by Crippen LogP contribution is 2.20. The highest BCUT2D eigenvalue weighted by molar-refractivity contribution is 7.99. The maximum absolute atomic E-state index is 11.7. The van der Waals surface area contributed by atoms with E-state index < -0.39 is 12.6 Å². The maximum atomic E-state index is 11.7. The molecule has 1 nitrogen and oxygen atoms in total. The van der Waals surface area contributed by atoms with Gasteiger partial charge in [-0.3, -0.25) is 0 Å². The van der Waals surface area contributed by atoms with E-state index in [2.05, 4.69) is 12.2 Å². The number of alkyl halides is 3. The number of nitrogens with one attached hydrogen (secondary N) is 1. The van der Waals surface area contributed by atoms with Gasteiger partial charge < -0.3 is 5.32 Å². The van der Waals surface area contributed by atoms with Crippen LogP contribution in [0.3, 0.4) is 0 Å². The minimum absolute atomic E-state index is 0.178. The van der Waals surface area contributed by atoms with Crippen LogP contribution in [-0.2, 0) is 0 Å². The van der Waals surface area contributed by atoms with E-state index in [4.69, 9.17) is 0 Å². The summed E-state index contributed by atoms with van der Waals surface area (Å²) in [6, 6.07) is 0. The Morgan fingerprint density at radius 3 is 2.43 bits per heavy atom. The van der Waals surface area contributed by atoms with Crippen LogP contribution in [0.15, 0.2) is 0 Å². The number of rotatable bonds is 7. The molecule has 5 heteroatoms. The van der Waals surface area contributed by atoms with E-state index in [1.54, 1.807) is 11.8 Å². The molecule has 0 amide bonds. The second kappa shape index (κ2) is 7.40. The SMILES string of the molecule is CSC(C)CCNCCCC(F)(F)F. The molecule has 0 saturated carbocycles. The molecule has 0 aliphatic rings. The van der Waals surface area contributed by atoms with Crippen molar-refractivity contribution in [2.45, 2.75) is 37.6 Å². The normalized spacial score (nSPS) is 14.4. The van der Waals surface area contributed by atoms with Crippen molar-refractivity contribution in [3.63, 3.8) is 0 Å². The lowest BCUT2D eigenvalue weighted by molar-refractivity contribution is -0.135. The minimum atomic E-state index is -4.01. The lowest BCUT2D eigenvalue weighted by atomic mass is 10.3. The molecule has 0 heterocycles. The van der Waals surface area contributed by atoms with Crippen LogP contribution in [0.25, 0.3) is 0 Å². The summed E-state index contributed by atoms with van der Waals surface area (Å²) in [4.78, 5) is 0. The molecule has 0 radical (unpaired) electrons. The Kier molecular flexibility index (Phi) is 7.45. The monoisotopic (exact) mass is 229 g/mol. The summed E-state index contributed by atoms with van der Waals surface area (Å²) >= 11 is 1.77. The Morgan fingerprint density at radius 1 is 1.29 bits per heavy atom. The summed E-state index contributed by atoms with van der Waals surface area (Å²) in [5.41, 5.74) is 0. The molecule has 0 aliphatic carbocycles. The summed E-state index contributed by atoms with van der Waals surface area (Å²) in [5, 5.41) is 3.58. The zero-order valence-electron chi connectivity index (χ0n) is 8.66. The lowest BCUT2D eigenvalue weighted by Crippen LogP contribution is -2.21. The van der Waals surface area contributed by atoms with Crippen LogP contribution < -0.4 is 5.32 Å². The molecule has 0 saturated heterocycles. The van der Waals surface area contributed by atoms with Gasteiger partial charge in [-0.15, -0.1) is 0 Å². The second-order valence-corrected chi connectivity index (χ2v) is 4.58. The van der Waals surface area contributed by atoms with Gasteiger partial charge in [-0.25, -0.2) is 0 Å². The van der Waals surface area contributed by atoms with E-state index in [-0.39, 0.29) is 6.42 Å². The number of halogens is 3. The van der Waals surface area contributed by atoms with E-state index in [0.717, 1.165) is 13.0 Å². The Labute approximate surface area is 87.8 Å². The Bertz CT molecular complexity index is 139. The largest absolute Gasteiger partial charge is 0.389 e. The van der Waals surface area contributed by atoms with Gasteiger partial charge in [0.25, 0.3) is 0 Å². The Hall–Kier alpha value is 0.100.